The Morgan fingerprint density at radius 3 is 2.29 bits per heavy atom. The number of rotatable bonds is 8. The van der Waals surface area contributed by atoms with Crippen LogP contribution < -0.4 is 4.74 Å². The minimum absolute atomic E-state index is 0.0789. The lowest BCUT2D eigenvalue weighted by Crippen LogP contribution is -2.26. The number of carbonyl (C=O) groups excluding carboxylic acids is 2. The fourth-order valence-corrected chi connectivity index (χ4v) is 3.25. The molecule has 0 saturated carbocycles. The van der Waals surface area contributed by atoms with Crippen LogP contribution in [0.15, 0.2) is 54.7 Å². The maximum atomic E-state index is 12.8. The predicted octanol–water partition coefficient (Wildman–Crippen LogP) is 4.03. The summed E-state index contributed by atoms with van der Waals surface area (Å²) in [4.78, 5) is 26.5. The molecule has 1 aromatic heterocycles. The molecule has 0 radical (unpaired) electrons. The molecule has 162 valence electrons. The first kappa shape index (κ1) is 22.1. The monoisotopic (exact) mass is 421 g/mol. The van der Waals surface area contributed by atoms with E-state index in [1.807, 2.05) is 50.2 Å². The molecule has 2 aromatic carbocycles. The molecule has 0 unspecified atom stereocenters. The molecule has 0 atom stereocenters. The van der Waals surface area contributed by atoms with Gasteiger partial charge in [-0.3, -0.25) is 4.79 Å². The second kappa shape index (κ2) is 9.93. The Kier molecular flexibility index (Phi) is 7.07. The van der Waals surface area contributed by atoms with Gasteiger partial charge in [0.1, 0.15) is 11.3 Å². The molecule has 0 bridgehead atoms. The van der Waals surface area contributed by atoms with Crippen molar-refractivity contribution in [3.63, 3.8) is 0 Å². The van der Waals surface area contributed by atoms with Gasteiger partial charge in [0.15, 0.2) is 0 Å². The van der Waals surface area contributed by atoms with Crippen LogP contribution in [0.4, 0.5) is 0 Å². The minimum atomic E-state index is -0.394. The standard InChI is InChI=1S/C24H27N3O4/c1-5-30-21-13-7-18(8-14-21)16-26(4)23(28)19-9-11-20(12-10-19)27-17(3)22(15-25-27)24(29)31-6-2/h7-15H,5-6,16H2,1-4H3. The molecule has 1 amide bonds. The molecule has 0 aliphatic rings. The topological polar surface area (TPSA) is 73.7 Å². The van der Waals surface area contributed by atoms with Gasteiger partial charge in [-0.15, -0.1) is 0 Å². The minimum Gasteiger partial charge on any atom is -0.494 e. The van der Waals surface area contributed by atoms with Crippen molar-refractivity contribution < 1.29 is 19.1 Å². The normalized spacial score (nSPS) is 10.6. The van der Waals surface area contributed by atoms with E-state index >= 15 is 0 Å². The van der Waals surface area contributed by atoms with Crippen LogP contribution in [0.3, 0.4) is 0 Å². The summed E-state index contributed by atoms with van der Waals surface area (Å²) in [5.74, 6) is 0.342. The SMILES string of the molecule is CCOC(=O)c1cnn(-c2ccc(C(=O)N(C)Cc3ccc(OCC)cc3)cc2)c1C. The van der Waals surface area contributed by atoms with E-state index in [0.717, 1.165) is 17.0 Å². The van der Waals surface area contributed by atoms with Crippen LogP contribution in [0.1, 0.15) is 45.8 Å². The molecule has 0 aliphatic heterocycles. The lowest BCUT2D eigenvalue weighted by molar-refractivity contribution is 0.0525. The number of hydrogen-bond donors (Lipinski definition) is 0. The molecule has 0 saturated heterocycles. The van der Waals surface area contributed by atoms with E-state index in [2.05, 4.69) is 5.10 Å². The number of carbonyl (C=O) groups is 2. The van der Waals surface area contributed by atoms with Crippen LogP contribution >= 0.6 is 0 Å². The molecule has 1 heterocycles. The van der Waals surface area contributed by atoms with Crippen LogP contribution in [0, 0.1) is 6.92 Å². The number of hydrogen-bond acceptors (Lipinski definition) is 5. The van der Waals surface area contributed by atoms with Crippen molar-refractivity contribution >= 4 is 11.9 Å². The average Bonchev–Trinajstić information content (AvgIpc) is 3.16. The van der Waals surface area contributed by atoms with Gasteiger partial charge >= 0.3 is 5.97 Å². The van der Waals surface area contributed by atoms with Crippen LogP contribution in [-0.4, -0.2) is 46.8 Å². The zero-order valence-corrected chi connectivity index (χ0v) is 18.3. The molecule has 3 rings (SSSR count). The second-order valence-corrected chi connectivity index (χ2v) is 7.06. The van der Waals surface area contributed by atoms with Crippen molar-refractivity contribution in [3.05, 3.63) is 77.1 Å². The maximum Gasteiger partial charge on any atom is 0.341 e. The molecule has 3 aromatic rings. The number of ether oxygens (including phenoxy) is 2. The Morgan fingerprint density at radius 1 is 1.00 bits per heavy atom. The fraction of sp³-hybridized carbons (Fsp3) is 0.292. The molecule has 0 spiro atoms. The molecule has 0 aliphatic carbocycles. The van der Waals surface area contributed by atoms with Crippen molar-refractivity contribution in [3.8, 4) is 11.4 Å². The first-order valence-electron chi connectivity index (χ1n) is 10.2. The Hall–Kier alpha value is -3.61. The van der Waals surface area contributed by atoms with Crippen molar-refractivity contribution in [1.29, 1.82) is 0 Å². The Morgan fingerprint density at radius 2 is 1.68 bits per heavy atom. The van der Waals surface area contributed by atoms with Gasteiger partial charge in [-0.1, -0.05) is 12.1 Å². The molecule has 31 heavy (non-hydrogen) atoms. The van der Waals surface area contributed by atoms with Gasteiger partial charge in [-0.2, -0.15) is 5.10 Å². The largest absolute Gasteiger partial charge is 0.494 e. The summed E-state index contributed by atoms with van der Waals surface area (Å²) < 4.78 is 12.2. The molecular weight excluding hydrogens is 394 g/mol. The lowest BCUT2D eigenvalue weighted by Gasteiger charge is -2.18. The van der Waals surface area contributed by atoms with Crippen molar-refractivity contribution in [2.45, 2.75) is 27.3 Å². The summed E-state index contributed by atoms with van der Waals surface area (Å²) in [6.45, 7) is 6.94. The number of nitrogens with zero attached hydrogens (tertiary/aromatic N) is 3. The van der Waals surface area contributed by atoms with Crippen molar-refractivity contribution in [1.82, 2.24) is 14.7 Å². The van der Waals surface area contributed by atoms with E-state index in [0.29, 0.717) is 36.6 Å². The molecule has 0 N–H and O–H groups in total. The molecule has 0 fully saturated rings. The van der Waals surface area contributed by atoms with Gasteiger partial charge in [0.25, 0.3) is 5.91 Å². The van der Waals surface area contributed by atoms with E-state index in [1.54, 1.807) is 35.7 Å². The summed E-state index contributed by atoms with van der Waals surface area (Å²) in [7, 11) is 1.77. The summed E-state index contributed by atoms with van der Waals surface area (Å²) >= 11 is 0. The number of amides is 1. The lowest BCUT2D eigenvalue weighted by atomic mass is 10.1. The highest BCUT2D eigenvalue weighted by Crippen LogP contribution is 2.18. The average molecular weight is 421 g/mol. The van der Waals surface area contributed by atoms with Crippen LogP contribution in [0.2, 0.25) is 0 Å². The quantitative estimate of drug-likeness (QED) is 0.514. The highest BCUT2D eigenvalue weighted by molar-refractivity contribution is 5.94. The molecule has 7 nitrogen and oxygen atoms in total. The maximum absolute atomic E-state index is 12.8. The third-order valence-corrected chi connectivity index (χ3v) is 4.86. The van der Waals surface area contributed by atoms with Gasteiger partial charge in [-0.05, 0) is 62.7 Å². The van der Waals surface area contributed by atoms with Crippen LogP contribution in [0.5, 0.6) is 5.75 Å². The number of esters is 1. The number of benzene rings is 2. The van der Waals surface area contributed by atoms with Gasteiger partial charge < -0.3 is 14.4 Å². The van der Waals surface area contributed by atoms with Gasteiger partial charge in [0, 0.05) is 19.2 Å². The zero-order valence-electron chi connectivity index (χ0n) is 18.3. The Bertz CT molecular complexity index is 1040. The summed E-state index contributed by atoms with van der Waals surface area (Å²) in [5.41, 5.74) is 3.48. The highest BCUT2D eigenvalue weighted by atomic mass is 16.5. The van der Waals surface area contributed by atoms with Gasteiger partial charge in [0.2, 0.25) is 0 Å². The van der Waals surface area contributed by atoms with E-state index in [4.69, 9.17) is 9.47 Å². The van der Waals surface area contributed by atoms with Crippen LogP contribution in [-0.2, 0) is 11.3 Å². The third-order valence-electron chi connectivity index (χ3n) is 4.86. The Labute approximate surface area is 182 Å². The third kappa shape index (κ3) is 5.12. The first-order chi connectivity index (χ1) is 14.9. The zero-order chi connectivity index (χ0) is 22.4. The predicted molar refractivity (Wildman–Crippen MR) is 118 cm³/mol. The first-order valence-corrected chi connectivity index (χ1v) is 10.2. The molecular formula is C24H27N3O4. The van der Waals surface area contributed by atoms with Gasteiger partial charge in [-0.25, -0.2) is 9.48 Å². The summed E-state index contributed by atoms with van der Waals surface area (Å²) in [6.07, 6.45) is 1.50. The van der Waals surface area contributed by atoms with Crippen LogP contribution in [0.25, 0.3) is 5.69 Å². The second-order valence-electron chi connectivity index (χ2n) is 7.06. The van der Waals surface area contributed by atoms with E-state index < -0.39 is 5.97 Å². The van der Waals surface area contributed by atoms with Crippen molar-refractivity contribution in [2.75, 3.05) is 20.3 Å². The highest BCUT2D eigenvalue weighted by Gasteiger charge is 2.17. The fourth-order valence-electron chi connectivity index (χ4n) is 3.25. The van der Waals surface area contributed by atoms with E-state index in [9.17, 15) is 9.59 Å². The smallest absolute Gasteiger partial charge is 0.341 e. The summed E-state index contributed by atoms with van der Waals surface area (Å²) in [5, 5.41) is 4.29. The Balaban J connectivity index is 1.69. The molecule has 7 heteroatoms. The van der Waals surface area contributed by atoms with Crippen molar-refractivity contribution in [2.24, 2.45) is 0 Å². The number of aromatic nitrogens is 2. The van der Waals surface area contributed by atoms with Gasteiger partial charge in [0.05, 0.1) is 30.8 Å². The summed E-state index contributed by atoms with van der Waals surface area (Å²) in [6, 6.07) is 14.9. The van der Waals surface area contributed by atoms with E-state index in [-0.39, 0.29) is 5.91 Å². The van der Waals surface area contributed by atoms with E-state index in [1.165, 1.54) is 6.20 Å².